The number of thioether (sulfide) groups is 1. The normalized spacial score (nSPS) is 18.7. The van der Waals surface area contributed by atoms with Crippen LogP contribution in [0.4, 0.5) is 0 Å². The quantitative estimate of drug-likeness (QED) is 0.816. The van der Waals surface area contributed by atoms with E-state index in [2.05, 4.69) is 18.7 Å². The lowest BCUT2D eigenvalue weighted by Gasteiger charge is -2.20. The highest BCUT2D eigenvalue weighted by Gasteiger charge is 2.40. The molecule has 0 radical (unpaired) electrons. The molecule has 0 atom stereocenters. The summed E-state index contributed by atoms with van der Waals surface area (Å²) in [5.41, 5.74) is 2.13. The zero-order valence-corrected chi connectivity index (χ0v) is 16.0. The molecular weight excluding hydrogens is 342 g/mol. The number of benzene rings is 1. The van der Waals surface area contributed by atoms with Gasteiger partial charge in [-0.25, -0.2) is 0 Å². The van der Waals surface area contributed by atoms with Gasteiger partial charge in [0.1, 0.15) is 0 Å². The molecule has 2 heterocycles. The van der Waals surface area contributed by atoms with Crippen LogP contribution in [-0.4, -0.2) is 46.6 Å². The molecule has 0 aliphatic carbocycles. The lowest BCUT2D eigenvalue weighted by Crippen LogP contribution is -2.31. The average Bonchev–Trinajstić information content (AvgIpc) is 2.99. The van der Waals surface area contributed by atoms with Crippen LogP contribution in [0.3, 0.4) is 0 Å². The Morgan fingerprint density at radius 3 is 2.67 bits per heavy atom. The van der Waals surface area contributed by atoms with Crippen molar-refractivity contribution in [3.05, 3.63) is 45.5 Å². The topological polar surface area (TPSA) is 35.9 Å². The van der Waals surface area contributed by atoms with Crippen molar-refractivity contribution in [3.8, 4) is 0 Å². The molecule has 2 aliphatic heterocycles. The first-order valence-electron chi connectivity index (χ1n) is 8.03. The SMILES string of the molecule is CC1=C(C(=O)N(C)CCc2ccc(Cl)cc2)SC2=NC(C)(C)CN21. The van der Waals surface area contributed by atoms with Crippen LogP contribution in [0.5, 0.6) is 0 Å². The molecule has 0 saturated heterocycles. The number of rotatable bonds is 4. The first-order chi connectivity index (χ1) is 11.3. The summed E-state index contributed by atoms with van der Waals surface area (Å²) < 4.78 is 0. The van der Waals surface area contributed by atoms with Crippen molar-refractivity contribution in [2.24, 2.45) is 4.99 Å². The summed E-state index contributed by atoms with van der Waals surface area (Å²) >= 11 is 7.40. The molecule has 4 nitrogen and oxygen atoms in total. The van der Waals surface area contributed by atoms with Crippen LogP contribution in [0.15, 0.2) is 39.9 Å². The number of carbonyl (C=O) groups excluding carboxylic acids is 1. The van der Waals surface area contributed by atoms with Crippen molar-refractivity contribution >= 4 is 34.4 Å². The summed E-state index contributed by atoms with van der Waals surface area (Å²) in [5, 5.41) is 1.68. The Hall–Kier alpha value is -1.46. The van der Waals surface area contributed by atoms with E-state index in [0.717, 1.165) is 33.8 Å². The van der Waals surface area contributed by atoms with E-state index in [9.17, 15) is 4.79 Å². The van der Waals surface area contributed by atoms with E-state index in [-0.39, 0.29) is 11.4 Å². The number of hydrogen-bond donors (Lipinski definition) is 0. The Morgan fingerprint density at radius 1 is 1.38 bits per heavy atom. The minimum Gasteiger partial charge on any atom is -0.341 e. The summed E-state index contributed by atoms with van der Waals surface area (Å²) in [5.74, 6) is 0.0707. The van der Waals surface area contributed by atoms with Gasteiger partial charge >= 0.3 is 0 Å². The summed E-state index contributed by atoms with van der Waals surface area (Å²) in [6.45, 7) is 7.76. The highest BCUT2D eigenvalue weighted by Crippen LogP contribution is 2.40. The highest BCUT2D eigenvalue weighted by molar-refractivity contribution is 8.18. The third kappa shape index (κ3) is 3.47. The van der Waals surface area contributed by atoms with Gasteiger partial charge in [0, 0.05) is 30.9 Å². The second kappa shape index (κ2) is 6.45. The molecule has 24 heavy (non-hydrogen) atoms. The zero-order chi connectivity index (χ0) is 17.5. The largest absolute Gasteiger partial charge is 0.341 e. The number of amides is 1. The van der Waals surface area contributed by atoms with Gasteiger partial charge in [-0.05, 0) is 56.7 Å². The minimum absolute atomic E-state index is 0.0707. The molecule has 1 aromatic carbocycles. The van der Waals surface area contributed by atoms with E-state index in [4.69, 9.17) is 16.6 Å². The monoisotopic (exact) mass is 363 g/mol. The molecule has 2 aliphatic rings. The maximum Gasteiger partial charge on any atom is 0.262 e. The van der Waals surface area contributed by atoms with Crippen molar-refractivity contribution in [1.82, 2.24) is 9.80 Å². The standard InChI is InChI=1S/C18H22ClN3OS/c1-12-15(24-17-20-18(2,3)11-22(12)17)16(23)21(4)10-9-13-5-7-14(19)8-6-13/h5-8H,9-11H2,1-4H3. The maximum atomic E-state index is 12.8. The number of nitrogens with zero attached hydrogens (tertiary/aromatic N) is 3. The summed E-state index contributed by atoms with van der Waals surface area (Å²) in [6.07, 6.45) is 0.814. The molecule has 0 N–H and O–H groups in total. The maximum absolute atomic E-state index is 12.8. The molecule has 1 amide bonds. The summed E-state index contributed by atoms with van der Waals surface area (Å²) in [6, 6.07) is 7.77. The molecule has 1 aromatic rings. The van der Waals surface area contributed by atoms with Crippen LogP contribution in [0, 0.1) is 0 Å². The Kier molecular flexibility index (Phi) is 4.67. The van der Waals surface area contributed by atoms with Gasteiger partial charge in [0.2, 0.25) is 0 Å². The molecule has 6 heteroatoms. The fourth-order valence-corrected chi connectivity index (χ4v) is 4.27. The van der Waals surface area contributed by atoms with E-state index >= 15 is 0 Å². The number of likely N-dealkylation sites (N-methyl/N-ethyl adjacent to an activating group) is 1. The van der Waals surface area contributed by atoms with E-state index in [0.29, 0.717) is 6.54 Å². The number of carbonyl (C=O) groups is 1. The van der Waals surface area contributed by atoms with Crippen molar-refractivity contribution in [2.75, 3.05) is 20.1 Å². The van der Waals surface area contributed by atoms with Crippen molar-refractivity contribution in [3.63, 3.8) is 0 Å². The molecule has 0 spiro atoms. The number of aliphatic imine (C=N–C) groups is 1. The number of halogens is 1. The van der Waals surface area contributed by atoms with Crippen LogP contribution in [0.25, 0.3) is 0 Å². The number of fused-ring (bicyclic) bond motifs is 1. The number of amidine groups is 1. The Labute approximate surface area is 152 Å². The molecule has 3 rings (SSSR count). The van der Waals surface area contributed by atoms with Crippen molar-refractivity contribution in [1.29, 1.82) is 0 Å². The van der Waals surface area contributed by atoms with Crippen LogP contribution < -0.4 is 0 Å². The average molecular weight is 364 g/mol. The van der Waals surface area contributed by atoms with Crippen molar-refractivity contribution in [2.45, 2.75) is 32.7 Å². The molecule has 0 bridgehead atoms. The van der Waals surface area contributed by atoms with Gasteiger partial charge in [-0.1, -0.05) is 23.7 Å². The second-order valence-corrected chi connectivity index (χ2v) is 8.33. The van der Waals surface area contributed by atoms with E-state index in [1.54, 1.807) is 4.90 Å². The van der Waals surface area contributed by atoms with Gasteiger partial charge in [-0.15, -0.1) is 0 Å². The molecule has 0 unspecified atom stereocenters. The Balaban J connectivity index is 1.63. The van der Waals surface area contributed by atoms with Gasteiger partial charge in [0.25, 0.3) is 5.91 Å². The first-order valence-corrected chi connectivity index (χ1v) is 9.22. The third-order valence-corrected chi connectivity index (χ3v) is 5.71. The fraction of sp³-hybridized carbons (Fsp3) is 0.444. The van der Waals surface area contributed by atoms with Crippen LogP contribution in [0.2, 0.25) is 5.02 Å². The Morgan fingerprint density at radius 2 is 2.04 bits per heavy atom. The molecule has 0 aromatic heterocycles. The smallest absolute Gasteiger partial charge is 0.262 e. The number of allylic oxidation sites excluding steroid dienone is 1. The van der Waals surface area contributed by atoms with Gasteiger partial charge in [0.15, 0.2) is 5.17 Å². The van der Waals surface area contributed by atoms with Crippen molar-refractivity contribution < 1.29 is 4.79 Å². The van der Waals surface area contributed by atoms with E-state index < -0.39 is 0 Å². The fourth-order valence-electron chi connectivity index (χ4n) is 2.86. The van der Waals surface area contributed by atoms with E-state index in [1.807, 2.05) is 38.2 Å². The molecule has 0 fully saturated rings. The van der Waals surface area contributed by atoms with Gasteiger partial charge in [0.05, 0.1) is 10.4 Å². The minimum atomic E-state index is -0.0708. The van der Waals surface area contributed by atoms with Crippen LogP contribution in [-0.2, 0) is 11.2 Å². The zero-order valence-electron chi connectivity index (χ0n) is 14.5. The molecule has 0 saturated carbocycles. The van der Waals surface area contributed by atoms with Crippen LogP contribution in [0.1, 0.15) is 26.3 Å². The van der Waals surface area contributed by atoms with Gasteiger partial charge in [-0.3, -0.25) is 9.79 Å². The lowest BCUT2D eigenvalue weighted by molar-refractivity contribution is -0.125. The summed E-state index contributed by atoms with van der Waals surface area (Å²) in [7, 11) is 1.86. The predicted octanol–water partition coefficient (Wildman–Crippen LogP) is 3.77. The van der Waals surface area contributed by atoms with Gasteiger partial charge < -0.3 is 9.80 Å². The predicted molar refractivity (Wildman–Crippen MR) is 101 cm³/mol. The first kappa shape index (κ1) is 17.4. The number of hydrogen-bond acceptors (Lipinski definition) is 4. The van der Waals surface area contributed by atoms with E-state index in [1.165, 1.54) is 17.3 Å². The molecular formula is C18H22ClN3OS. The van der Waals surface area contributed by atoms with Gasteiger partial charge in [-0.2, -0.15) is 0 Å². The molecule has 128 valence electrons. The van der Waals surface area contributed by atoms with Crippen LogP contribution >= 0.6 is 23.4 Å². The Bertz CT molecular complexity index is 724. The second-order valence-electron chi connectivity index (χ2n) is 6.91. The third-order valence-electron chi connectivity index (χ3n) is 4.29. The summed E-state index contributed by atoms with van der Waals surface area (Å²) in [4.78, 5) is 22.2. The highest BCUT2D eigenvalue weighted by atomic mass is 35.5. The lowest BCUT2D eigenvalue weighted by atomic mass is 10.1.